The molecule has 1 nitrogen and oxygen atoms in total. The molecule has 0 heterocycles. The quantitative estimate of drug-likeness (QED) is 0.739. The van der Waals surface area contributed by atoms with Gasteiger partial charge in [0.2, 0.25) is 0 Å². The van der Waals surface area contributed by atoms with Gasteiger partial charge in [-0.25, -0.2) is 4.39 Å². The average Bonchev–Trinajstić information content (AvgIpc) is 2.37. The Morgan fingerprint density at radius 1 is 1.00 bits per heavy atom. The van der Waals surface area contributed by atoms with E-state index in [1.807, 2.05) is 0 Å². The van der Waals surface area contributed by atoms with Crippen molar-refractivity contribution in [2.75, 3.05) is 0 Å². The van der Waals surface area contributed by atoms with Crippen molar-refractivity contribution >= 4 is 11.8 Å². The highest BCUT2D eigenvalue weighted by Crippen LogP contribution is 2.35. The van der Waals surface area contributed by atoms with E-state index in [0.717, 1.165) is 23.9 Å². The van der Waals surface area contributed by atoms with Gasteiger partial charge in [0.15, 0.2) is 0 Å². The Balaban J connectivity index is 2.34. The van der Waals surface area contributed by atoms with Crippen LogP contribution in [0.2, 0.25) is 0 Å². The zero-order valence-corrected chi connectivity index (χ0v) is 10.7. The van der Waals surface area contributed by atoms with Crippen molar-refractivity contribution < 1.29 is 17.6 Å². The van der Waals surface area contributed by atoms with E-state index in [1.165, 1.54) is 30.3 Å². The molecule has 6 heteroatoms. The zero-order valence-electron chi connectivity index (χ0n) is 9.91. The first-order valence-electron chi connectivity index (χ1n) is 5.45. The van der Waals surface area contributed by atoms with Gasteiger partial charge in [0, 0.05) is 9.79 Å². The fourth-order valence-electron chi connectivity index (χ4n) is 1.59. The Morgan fingerprint density at radius 3 is 2.30 bits per heavy atom. The maximum absolute atomic E-state index is 13.0. The number of hydrogen-bond acceptors (Lipinski definition) is 2. The molecule has 102 valence electrons. The van der Waals surface area contributed by atoms with Gasteiger partial charge in [0.25, 0.3) is 0 Å². The van der Waals surface area contributed by atoms with Crippen LogP contribution < -0.4 is 0 Å². The number of rotatable bonds is 2. The molecule has 0 N–H and O–H groups in total. The smallest absolute Gasteiger partial charge is 0.207 e. The minimum atomic E-state index is -4.56. The molecule has 20 heavy (non-hydrogen) atoms. The van der Waals surface area contributed by atoms with Crippen LogP contribution in [0.4, 0.5) is 17.6 Å². The maximum Gasteiger partial charge on any atom is 0.417 e. The zero-order chi connectivity index (χ0) is 14.8. The molecule has 0 aliphatic rings. The Hall–Kier alpha value is -2.00. The van der Waals surface area contributed by atoms with Gasteiger partial charge in [0.1, 0.15) is 5.82 Å². The topological polar surface area (TPSA) is 23.8 Å². The highest BCUT2D eigenvalue weighted by molar-refractivity contribution is 7.99. The molecule has 0 radical (unpaired) electrons. The highest BCUT2D eigenvalue weighted by Gasteiger charge is 2.33. The third-order valence-electron chi connectivity index (χ3n) is 2.45. The number of benzene rings is 2. The first kappa shape index (κ1) is 14.4. The molecular formula is C14H7F4NS. The second-order valence-corrected chi connectivity index (χ2v) is 5.02. The van der Waals surface area contributed by atoms with Crippen molar-refractivity contribution in [3.63, 3.8) is 0 Å². The molecule has 0 unspecified atom stereocenters. The van der Waals surface area contributed by atoms with Crippen LogP contribution in [0.5, 0.6) is 0 Å². The first-order chi connectivity index (χ1) is 9.40. The predicted octanol–water partition coefficient (Wildman–Crippen LogP) is 4.87. The van der Waals surface area contributed by atoms with Crippen LogP contribution in [0.1, 0.15) is 11.1 Å². The first-order valence-corrected chi connectivity index (χ1v) is 6.26. The van der Waals surface area contributed by atoms with Crippen LogP contribution in [0.3, 0.4) is 0 Å². The third kappa shape index (κ3) is 3.31. The van der Waals surface area contributed by atoms with Gasteiger partial charge >= 0.3 is 6.18 Å². The summed E-state index contributed by atoms with van der Waals surface area (Å²) in [6.07, 6.45) is -4.56. The van der Waals surface area contributed by atoms with E-state index in [9.17, 15) is 17.6 Å². The number of hydrogen-bond donors (Lipinski definition) is 0. The summed E-state index contributed by atoms with van der Waals surface area (Å²) in [5.74, 6) is -0.428. The third-order valence-corrected chi connectivity index (χ3v) is 3.43. The predicted molar refractivity (Wildman–Crippen MR) is 66.7 cm³/mol. The molecule has 0 atom stereocenters. The minimum absolute atomic E-state index is 0.428. The molecule has 0 saturated carbocycles. The highest BCUT2D eigenvalue weighted by atomic mass is 32.2. The van der Waals surface area contributed by atoms with Crippen molar-refractivity contribution in [3.05, 3.63) is 59.4 Å². The van der Waals surface area contributed by atoms with Crippen molar-refractivity contribution in [2.45, 2.75) is 16.0 Å². The van der Waals surface area contributed by atoms with Gasteiger partial charge in [-0.2, -0.15) is 18.4 Å². The Labute approximate surface area is 116 Å². The van der Waals surface area contributed by atoms with Gasteiger partial charge in [-0.15, -0.1) is 0 Å². The van der Waals surface area contributed by atoms with Crippen LogP contribution in [-0.2, 0) is 6.18 Å². The molecular weight excluding hydrogens is 290 g/mol. The van der Waals surface area contributed by atoms with E-state index in [4.69, 9.17) is 5.26 Å². The molecule has 2 rings (SSSR count). The summed E-state index contributed by atoms with van der Waals surface area (Å²) in [6.45, 7) is 0. The second kappa shape index (κ2) is 5.55. The summed E-state index contributed by atoms with van der Waals surface area (Å²) >= 11 is 1.09. The summed E-state index contributed by atoms with van der Waals surface area (Å²) in [5, 5.41) is 8.80. The van der Waals surface area contributed by atoms with Crippen molar-refractivity contribution in [1.29, 1.82) is 5.26 Å². The van der Waals surface area contributed by atoms with Gasteiger partial charge in [-0.05, 0) is 36.4 Å². The van der Waals surface area contributed by atoms with E-state index in [1.54, 1.807) is 6.07 Å². The largest absolute Gasteiger partial charge is 0.417 e. The lowest BCUT2D eigenvalue weighted by Crippen LogP contribution is -2.07. The van der Waals surface area contributed by atoms with Gasteiger partial charge in [-0.3, -0.25) is 0 Å². The molecule has 0 aliphatic heterocycles. The lowest BCUT2D eigenvalue weighted by molar-refractivity contribution is -0.137. The van der Waals surface area contributed by atoms with E-state index < -0.39 is 23.1 Å². The summed E-state index contributed by atoms with van der Waals surface area (Å²) < 4.78 is 50.9. The molecule has 0 aromatic heterocycles. The fraction of sp³-hybridized carbons (Fsp3) is 0.0714. The van der Waals surface area contributed by atoms with Crippen molar-refractivity contribution in [1.82, 2.24) is 0 Å². The standard InChI is InChI=1S/C14H7F4NS/c15-10-2-1-3-11(7-10)20-12-4-5-13(14(16,17)18)9(6-12)8-19/h1-7H. The van der Waals surface area contributed by atoms with Crippen LogP contribution in [-0.4, -0.2) is 0 Å². The Kier molecular flexibility index (Phi) is 4.00. The summed E-state index contributed by atoms with van der Waals surface area (Å²) in [5.41, 5.74) is -1.41. The molecule has 0 saturated heterocycles. The summed E-state index contributed by atoms with van der Waals surface area (Å²) in [6, 6.07) is 10.5. The monoisotopic (exact) mass is 297 g/mol. The second-order valence-electron chi connectivity index (χ2n) is 3.88. The van der Waals surface area contributed by atoms with Crippen LogP contribution >= 0.6 is 11.8 Å². The molecule has 2 aromatic carbocycles. The maximum atomic E-state index is 13.0. The van der Waals surface area contributed by atoms with E-state index in [0.29, 0.717) is 9.79 Å². The molecule has 0 fully saturated rings. The van der Waals surface area contributed by atoms with Crippen molar-refractivity contribution in [3.8, 4) is 6.07 Å². The number of nitriles is 1. The van der Waals surface area contributed by atoms with E-state index in [2.05, 4.69) is 0 Å². The lowest BCUT2D eigenvalue weighted by atomic mass is 10.1. The lowest BCUT2D eigenvalue weighted by Gasteiger charge is -2.10. The van der Waals surface area contributed by atoms with Crippen molar-refractivity contribution in [2.24, 2.45) is 0 Å². The van der Waals surface area contributed by atoms with Crippen LogP contribution in [0.25, 0.3) is 0 Å². The molecule has 0 amide bonds. The van der Waals surface area contributed by atoms with Gasteiger partial charge in [-0.1, -0.05) is 17.8 Å². The molecule has 0 bridgehead atoms. The van der Waals surface area contributed by atoms with Gasteiger partial charge < -0.3 is 0 Å². The average molecular weight is 297 g/mol. The SMILES string of the molecule is N#Cc1cc(Sc2cccc(F)c2)ccc1C(F)(F)F. The fourth-order valence-corrected chi connectivity index (χ4v) is 2.50. The normalized spacial score (nSPS) is 11.2. The Bertz CT molecular complexity index is 674. The number of halogens is 4. The molecule has 0 aliphatic carbocycles. The number of alkyl halides is 3. The Morgan fingerprint density at radius 2 is 1.70 bits per heavy atom. The van der Waals surface area contributed by atoms with Crippen LogP contribution in [0.15, 0.2) is 52.3 Å². The van der Waals surface area contributed by atoms with E-state index in [-0.39, 0.29) is 0 Å². The molecule has 2 aromatic rings. The minimum Gasteiger partial charge on any atom is -0.207 e. The summed E-state index contributed by atoms with van der Waals surface area (Å²) in [7, 11) is 0. The summed E-state index contributed by atoms with van der Waals surface area (Å²) in [4.78, 5) is 0.994. The molecule has 0 spiro atoms. The van der Waals surface area contributed by atoms with Crippen LogP contribution in [0, 0.1) is 17.1 Å². The van der Waals surface area contributed by atoms with E-state index >= 15 is 0 Å². The van der Waals surface area contributed by atoms with Gasteiger partial charge in [0.05, 0.1) is 17.2 Å². The number of nitrogens with zero attached hydrogens (tertiary/aromatic N) is 1.